The van der Waals surface area contributed by atoms with Gasteiger partial charge in [0.1, 0.15) is 0 Å². The Hall–Kier alpha value is -1.50. The number of aliphatic carboxylic acids is 2. The van der Waals surface area contributed by atoms with Crippen LogP contribution in [0.1, 0.15) is 19.8 Å². The minimum Gasteiger partial charge on any atom is -0.481 e. The van der Waals surface area contributed by atoms with Crippen molar-refractivity contribution in [2.75, 3.05) is 0 Å². The number of carboxylic acids is 2. The average molecular weight is 184 g/mol. The first-order valence-corrected chi connectivity index (χ1v) is 3.88. The van der Waals surface area contributed by atoms with Crippen LogP contribution in [0.2, 0.25) is 0 Å². The van der Waals surface area contributed by atoms with Gasteiger partial charge in [0.2, 0.25) is 0 Å². The SMILES string of the molecule is C#CCC(C)CC(C(=O)O)C(=O)O. The lowest BCUT2D eigenvalue weighted by Crippen LogP contribution is -2.25. The molecule has 0 amide bonds. The van der Waals surface area contributed by atoms with Crippen LogP contribution in [0.3, 0.4) is 0 Å². The molecule has 0 heterocycles. The van der Waals surface area contributed by atoms with E-state index in [0.29, 0.717) is 6.42 Å². The van der Waals surface area contributed by atoms with E-state index in [9.17, 15) is 9.59 Å². The molecule has 13 heavy (non-hydrogen) atoms. The normalized spacial score (nSPS) is 12.1. The molecule has 0 aromatic heterocycles. The first-order chi connectivity index (χ1) is 5.99. The molecule has 0 aliphatic rings. The molecule has 4 nitrogen and oxygen atoms in total. The van der Waals surface area contributed by atoms with Crippen LogP contribution in [0.15, 0.2) is 0 Å². The van der Waals surface area contributed by atoms with E-state index in [1.165, 1.54) is 0 Å². The largest absolute Gasteiger partial charge is 0.481 e. The quantitative estimate of drug-likeness (QED) is 0.490. The van der Waals surface area contributed by atoms with Gasteiger partial charge in [0.05, 0.1) is 0 Å². The van der Waals surface area contributed by atoms with Crippen LogP contribution in [0.4, 0.5) is 0 Å². The van der Waals surface area contributed by atoms with Gasteiger partial charge in [-0.25, -0.2) is 0 Å². The molecule has 0 aromatic carbocycles. The van der Waals surface area contributed by atoms with Crippen molar-refractivity contribution >= 4 is 11.9 Å². The molecule has 1 atom stereocenters. The smallest absolute Gasteiger partial charge is 0.317 e. The van der Waals surface area contributed by atoms with Crippen molar-refractivity contribution in [2.24, 2.45) is 11.8 Å². The van der Waals surface area contributed by atoms with Gasteiger partial charge in [-0.3, -0.25) is 9.59 Å². The average Bonchev–Trinajstić information content (AvgIpc) is 1.99. The number of rotatable bonds is 5. The molecule has 0 saturated carbocycles. The van der Waals surface area contributed by atoms with Gasteiger partial charge in [0, 0.05) is 6.42 Å². The van der Waals surface area contributed by atoms with Crippen LogP contribution in [0.5, 0.6) is 0 Å². The lowest BCUT2D eigenvalue weighted by atomic mass is 9.94. The second kappa shape index (κ2) is 5.20. The lowest BCUT2D eigenvalue weighted by Gasteiger charge is -2.11. The van der Waals surface area contributed by atoms with Gasteiger partial charge in [0.25, 0.3) is 0 Å². The highest BCUT2D eigenvalue weighted by Crippen LogP contribution is 2.15. The molecule has 0 bridgehead atoms. The van der Waals surface area contributed by atoms with E-state index in [4.69, 9.17) is 16.6 Å². The van der Waals surface area contributed by atoms with E-state index in [-0.39, 0.29) is 12.3 Å². The Balaban J connectivity index is 4.20. The Morgan fingerprint density at radius 2 is 1.85 bits per heavy atom. The van der Waals surface area contributed by atoms with Crippen LogP contribution in [0.25, 0.3) is 0 Å². The third-order valence-electron chi connectivity index (χ3n) is 1.70. The molecule has 2 N–H and O–H groups in total. The highest BCUT2D eigenvalue weighted by atomic mass is 16.4. The molecule has 1 unspecified atom stereocenters. The summed E-state index contributed by atoms with van der Waals surface area (Å²) < 4.78 is 0. The highest BCUT2D eigenvalue weighted by molar-refractivity contribution is 5.92. The van der Waals surface area contributed by atoms with Crippen molar-refractivity contribution < 1.29 is 19.8 Å². The fraction of sp³-hybridized carbons (Fsp3) is 0.556. The maximum atomic E-state index is 10.4. The number of hydrogen-bond donors (Lipinski definition) is 2. The van der Waals surface area contributed by atoms with Crippen molar-refractivity contribution in [3.63, 3.8) is 0 Å². The van der Waals surface area contributed by atoms with Crippen LogP contribution in [-0.4, -0.2) is 22.2 Å². The minimum atomic E-state index is -1.34. The maximum absolute atomic E-state index is 10.4. The summed E-state index contributed by atoms with van der Waals surface area (Å²) >= 11 is 0. The van der Waals surface area contributed by atoms with Crippen LogP contribution in [-0.2, 0) is 9.59 Å². The molecule has 0 aromatic rings. The second-order valence-electron chi connectivity index (χ2n) is 2.98. The van der Waals surface area contributed by atoms with E-state index < -0.39 is 17.9 Å². The number of carbonyl (C=O) groups is 2. The first kappa shape index (κ1) is 11.5. The summed E-state index contributed by atoms with van der Waals surface area (Å²) in [6.07, 6.45) is 5.49. The lowest BCUT2D eigenvalue weighted by molar-refractivity contribution is -0.155. The van der Waals surface area contributed by atoms with Gasteiger partial charge in [0.15, 0.2) is 5.92 Å². The summed E-state index contributed by atoms with van der Waals surface area (Å²) in [4.78, 5) is 20.9. The van der Waals surface area contributed by atoms with Crippen LogP contribution in [0, 0.1) is 24.2 Å². The molecule has 0 radical (unpaired) electrons. The zero-order chi connectivity index (χ0) is 10.4. The molecule has 0 rings (SSSR count). The van der Waals surface area contributed by atoms with E-state index in [1.54, 1.807) is 6.92 Å². The van der Waals surface area contributed by atoms with E-state index in [1.807, 2.05) is 0 Å². The molecule has 4 heteroatoms. The molecule has 72 valence electrons. The summed E-state index contributed by atoms with van der Waals surface area (Å²) in [6, 6.07) is 0. The standard InChI is InChI=1S/C9H12O4/c1-3-4-6(2)5-7(8(10)11)9(12)13/h1,6-7H,4-5H2,2H3,(H,10,11)(H,12,13). The molecule has 0 spiro atoms. The van der Waals surface area contributed by atoms with Gasteiger partial charge in [-0.15, -0.1) is 12.3 Å². The zero-order valence-corrected chi connectivity index (χ0v) is 7.36. The fourth-order valence-electron chi connectivity index (χ4n) is 0.994. The van der Waals surface area contributed by atoms with Gasteiger partial charge in [-0.2, -0.15) is 0 Å². The molecule has 0 saturated heterocycles. The summed E-state index contributed by atoms with van der Waals surface area (Å²) in [7, 11) is 0. The summed E-state index contributed by atoms with van der Waals surface area (Å²) in [5.41, 5.74) is 0. The zero-order valence-electron chi connectivity index (χ0n) is 7.36. The fourth-order valence-corrected chi connectivity index (χ4v) is 0.994. The monoisotopic (exact) mass is 184 g/mol. The van der Waals surface area contributed by atoms with Crippen LogP contribution < -0.4 is 0 Å². The Morgan fingerprint density at radius 1 is 1.38 bits per heavy atom. The summed E-state index contributed by atoms with van der Waals surface area (Å²) in [5, 5.41) is 17.1. The second-order valence-corrected chi connectivity index (χ2v) is 2.98. The predicted molar refractivity (Wildman–Crippen MR) is 46.0 cm³/mol. The highest BCUT2D eigenvalue weighted by Gasteiger charge is 2.27. The minimum absolute atomic E-state index is 0.0782. The van der Waals surface area contributed by atoms with Gasteiger partial charge < -0.3 is 10.2 Å². The third-order valence-corrected chi connectivity index (χ3v) is 1.70. The maximum Gasteiger partial charge on any atom is 0.317 e. The van der Waals surface area contributed by atoms with Gasteiger partial charge in [-0.1, -0.05) is 6.92 Å². The van der Waals surface area contributed by atoms with Crippen molar-refractivity contribution in [1.82, 2.24) is 0 Å². The predicted octanol–water partition coefficient (Wildman–Crippen LogP) is 0.821. The topological polar surface area (TPSA) is 74.6 Å². The summed E-state index contributed by atoms with van der Waals surface area (Å²) in [5.74, 6) is -1.68. The van der Waals surface area contributed by atoms with Crippen molar-refractivity contribution in [1.29, 1.82) is 0 Å². The van der Waals surface area contributed by atoms with Gasteiger partial charge in [-0.05, 0) is 12.3 Å². The van der Waals surface area contributed by atoms with Crippen molar-refractivity contribution in [3.05, 3.63) is 0 Å². The first-order valence-electron chi connectivity index (χ1n) is 3.88. The number of carboxylic acid groups (broad SMARTS) is 2. The Kier molecular flexibility index (Phi) is 4.60. The van der Waals surface area contributed by atoms with Crippen molar-refractivity contribution in [2.45, 2.75) is 19.8 Å². The van der Waals surface area contributed by atoms with E-state index in [0.717, 1.165) is 0 Å². The molecule has 0 fully saturated rings. The molecule has 0 aliphatic heterocycles. The number of hydrogen-bond acceptors (Lipinski definition) is 2. The molecular weight excluding hydrogens is 172 g/mol. The van der Waals surface area contributed by atoms with Crippen molar-refractivity contribution in [3.8, 4) is 12.3 Å². The Morgan fingerprint density at radius 3 is 2.15 bits per heavy atom. The number of terminal acetylenes is 1. The van der Waals surface area contributed by atoms with E-state index in [2.05, 4.69) is 5.92 Å². The Bertz CT molecular complexity index is 224. The Labute approximate surface area is 76.6 Å². The third kappa shape index (κ3) is 4.16. The summed E-state index contributed by atoms with van der Waals surface area (Å²) in [6.45, 7) is 1.73. The van der Waals surface area contributed by atoms with E-state index >= 15 is 0 Å². The molecule has 0 aliphatic carbocycles. The molecular formula is C9H12O4. The van der Waals surface area contributed by atoms with Gasteiger partial charge >= 0.3 is 11.9 Å². The van der Waals surface area contributed by atoms with Crippen LogP contribution >= 0.6 is 0 Å².